The fraction of sp³-hybridized carbons (Fsp3) is 0.500. The number of imidazole rings is 1. The zero-order chi connectivity index (χ0) is 15.4. The monoisotopic (exact) mass is 283 g/mol. The van der Waals surface area contributed by atoms with Gasteiger partial charge in [-0.2, -0.15) is 0 Å². The molecule has 5 heteroatoms. The topological polar surface area (TPSA) is 56.0 Å². The highest BCUT2D eigenvalue weighted by Crippen LogP contribution is 2.26. The summed E-state index contributed by atoms with van der Waals surface area (Å²) in [5.74, 6) is 1.76. The van der Waals surface area contributed by atoms with Crippen molar-refractivity contribution in [2.45, 2.75) is 52.4 Å². The summed E-state index contributed by atoms with van der Waals surface area (Å²) in [6.07, 6.45) is 5.58. The Morgan fingerprint density at radius 2 is 1.62 bits per heavy atom. The first-order valence-electron chi connectivity index (χ1n) is 7.19. The molecule has 0 atom stereocenters. The molecule has 0 amide bonds. The second-order valence-electron chi connectivity index (χ2n) is 7.49. The van der Waals surface area contributed by atoms with Gasteiger partial charge in [0.15, 0.2) is 11.3 Å². The van der Waals surface area contributed by atoms with E-state index in [0.29, 0.717) is 0 Å². The Morgan fingerprint density at radius 3 is 2.24 bits per heavy atom. The number of hydrogen-bond acceptors (Lipinski definition) is 4. The van der Waals surface area contributed by atoms with Crippen molar-refractivity contribution in [1.29, 1.82) is 0 Å². The van der Waals surface area contributed by atoms with E-state index < -0.39 is 0 Å². The summed E-state index contributed by atoms with van der Waals surface area (Å²) in [7, 11) is 0. The predicted octanol–water partition coefficient (Wildman–Crippen LogP) is 3.27. The third-order valence-corrected chi connectivity index (χ3v) is 3.43. The fourth-order valence-corrected chi connectivity index (χ4v) is 2.33. The van der Waals surface area contributed by atoms with E-state index in [1.807, 2.05) is 16.8 Å². The van der Waals surface area contributed by atoms with Crippen molar-refractivity contribution in [2.24, 2.45) is 0 Å². The zero-order valence-corrected chi connectivity index (χ0v) is 13.5. The summed E-state index contributed by atoms with van der Waals surface area (Å²) in [5.41, 5.74) is 1.41. The number of rotatable bonds is 0. The third-order valence-electron chi connectivity index (χ3n) is 3.43. The molecule has 0 fully saturated rings. The van der Waals surface area contributed by atoms with E-state index in [0.717, 1.165) is 28.3 Å². The molecule has 0 bridgehead atoms. The highest BCUT2D eigenvalue weighted by Gasteiger charge is 2.23. The van der Waals surface area contributed by atoms with E-state index in [1.54, 1.807) is 6.20 Å². The second-order valence-corrected chi connectivity index (χ2v) is 7.49. The van der Waals surface area contributed by atoms with Crippen LogP contribution in [0.5, 0.6) is 0 Å². The Morgan fingerprint density at radius 1 is 0.905 bits per heavy atom. The molecule has 0 saturated carbocycles. The van der Waals surface area contributed by atoms with Gasteiger partial charge < -0.3 is 0 Å². The van der Waals surface area contributed by atoms with Crippen LogP contribution >= 0.6 is 0 Å². The van der Waals surface area contributed by atoms with Crippen LogP contribution in [0.15, 0.2) is 18.6 Å². The number of hydrogen-bond donors (Lipinski definition) is 0. The summed E-state index contributed by atoms with van der Waals surface area (Å²) in [4.78, 5) is 18.4. The van der Waals surface area contributed by atoms with Crippen LogP contribution in [-0.2, 0) is 10.8 Å². The zero-order valence-electron chi connectivity index (χ0n) is 13.5. The molecule has 0 aliphatic rings. The maximum absolute atomic E-state index is 4.79. The van der Waals surface area contributed by atoms with Crippen LogP contribution in [0.1, 0.15) is 53.2 Å². The second kappa shape index (κ2) is 4.23. The smallest absolute Gasteiger partial charge is 0.168 e. The van der Waals surface area contributed by atoms with Gasteiger partial charge in [-0.3, -0.25) is 4.40 Å². The number of aromatic nitrogens is 5. The molecule has 0 saturated heterocycles. The molecule has 0 N–H and O–H groups in total. The molecule has 5 nitrogen and oxygen atoms in total. The van der Waals surface area contributed by atoms with Crippen LogP contribution in [0.2, 0.25) is 0 Å². The Hall–Kier alpha value is -2.04. The van der Waals surface area contributed by atoms with Crippen LogP contribution in [0.3, 0.4) is 0 Å². The fourth-order valence-electron chi connectivity index (χ4n) is 2.33. The Labute approximate surface area is 124 Å². The first kappa shape index (κ1) is 13.9. The quantitative estimate of drug-likeness (QED) is 0.635. The lowest BCUT2D eigenvalue weighted by molar-refractivity contribution is 0.534. The minimum absolute atomic E-state index is 0.0833. The summed E-state index contributed by atoms with van der Waals surface area (Å²) >= 11 is 0. The van der Waals surface area contributed by atoms with Crippen molar-refractivity contribution in [1.82, 2.24) is 24.3 Å². The first-order valence-corrected chi connectivity index (χ1v) is 7.19. The van der Waals surface area contributed by atoms with Gasteiger partial charge in [0.25, 0.3) is 0 Å². The van der Waals surface area contributed by atoms with E-state index in [2.05, 4.69) is 56.5 Å². The van der Waals surface area contributed by atoms with Gasteiger partial charge in [-0.05, 0) is 0 Å². The van der Waals surface area contributed by atoms with Gasteiger partial charge in [-0.25, -0.2) is 19.9 Å². The van der Waals surface area contributed by atoms with Crippen molar-refractivity contribution in [3.8, 4) is 0 Å². The van der Waals surface area contributed by atoms with Crippen LogP contribution in [-0.4, -0.2) is 24.3 Å². The highest BCUT2D eigenvalue weighted by molar-refractivity contribution is 5.88. The summed E-state index contributed by atoms with van der Waals surface area (Å²) in [6, 6.07) is 0. The minimum Gasteiger partial charge on any atom is -0.287 e. The SMILES string of the molecule is CC(C)(C)c1ncc2c(n1)nc(C(C)(C)C)n1ccnc21. The van der Waals surface area contributed by atoms with E-state index in [9.17, 15) is 0 Å². The predicted molar refractivity (Wildman–Crippen MR) is 83.5 cm³/mol. The molecule has 21 heavy (non-hydrogen) atoms. The molecule has 3 aromatic rings. The van der Waals surface area contributed by atoms with Crippen molar-refractivity contribution in [3.05, 3.63) is 30.2 Å². The lowest BCUT2D eigenvalue weighted by Gasteiger charge is -2.21. The molecular formula is C16H21N5. The van der Waals surface area contributed by atoms with Crippen molar-refractivity contribution in [2.75, 3.05) is 0 Å². The van der Waals surface area contributed by atoms with Gasteiger partial charge in [0.1, 0.15) is 11.6 Å². The largest absolute Gasteiger partial charge is 0.287 e. The molecule has 3 rings (SSSR count). The normalized spacial score (nSPS) is 13.2. The number of fused-ring (bicyclic) bond motifs is 3. The maximum Gasteiger partial charge on any atom is 0.168 e. The van der Waals surface area contributed by atoms with Gasteiger partial charge in [0.05, 0.1) is 5.39 Å². The minimum atomic E-state index is -0.0979. The standard InChI is InChI=1S/C16H21N5/c1-15(2,3)13-18-9-10-11(19-13)20-14(16(4,5)6)21-8-7-17-12(10)21/h7-9H,1-6H3. The van der Waals surface area contributed by atoms with Gasteiger partial charge >= 0.3 is 0 Å². The molecule has 110 valence electrons. The molecular weight excluding hydrogens is 262 g/mol. The molecule has 0 aromatic carbocycles. The van der Waals surface area contributed by atoms with Crippen LogP contribution in [0.25, 0.3) is 16.7 Å². The number of nitrogens with zero attached hydrogens (tertiary/aromatic N) is 5. The van der Waals surface area contributed by atoms with E-state index in [4.69, 9.17) is 4.98 Å². The van der Waals surface area contributed by atoms with Gasteiger partial charge in [-0.15, -0.1) is 0 Å². The Kier molecular flexibility index (Phi) is 2.80. The lowest BCUT2D eigenvalue weighted by atomic mass is 9.95. The van der Waals surface area contributed by atoms with Crippen molar-refractivity contribution in [3.63, 3.8) is 0 Å². The molecule has 0 radical (unpaired) electrons. The molecule has 0 unspecified atom stereocenters. The Balaban J connectivity index is 2.40. The Bertz CT molecular complexity index is 818. The van der Waals surface area contributed by atoms with E-state index in [-0.39, 0.29) is 10.8 Å². The van der Waals surface area contributed by atoms with E-state index in [1.165, 1.54) is 0 Å². The van der Waals surface area contributed by atoms with Crippen molar-refractivity contribution < 1.29 is 0 Å². The summed E-state index contributed by atoms with van der Waals surface area (Å²) in [5, 5.41) is 0.890. The third kappa shape index (κ3) is 2.26. The highest BCUT2D eigenvalue weighted by atomic mass is 15.1. The molecule has 0 spiro atoms. The summed E-state index contributed by atoms with van der Waals surface area (Å²) < 4.78 is 2.03. The first-order chi connectivity index (χ1) is 9.68. The van der Waals surface area contributed by atoms with Crippen LogP contribution in [0.4, 0.5) is 0 Å². The van der Waals surface area contributed by atoms with Crippen LogP contribution < -0.4 is 0 Å². The average molecular weight is 283 g/mol. The lowest BCUT2D eigenvalue weighted by Crippen LogP contribution is -2.20. The molecule has 0 aliphatic heterocycles. The van der Waals surface area contributed by atoms with Gasteiger partial charge in [0, 0.05) is 29.4 Å². The van der Waals surface area contributed by atoms with Crippen LogP contribution in [0, 0.1) is 0 Å². The molecule has 3 heterocycles. The van der Waals surface area contributed by atoms with E-state index >= 15 is 0 Å². The summed E-state index contributed by atoms with van der Waals surface area (Å²) in [6.45, 7) is 12.7. The average Bonchev–Trinajstić information content (AvgIpc) is 2.83. The molecule has 0 aliphatic carbocycles. The maximum atomic E-state index is 4.79. The van der Waals surface area contributed by atoms with Crippen molar-refractivity contribution >= 4 is 16.7 Å². The van der Waals surface area contributed by atoms with Gasteiger partial charge in [0.2, 0.25) is 0 Å². The molecule has 3 aromatic heterocycles. The van der Waals surface area contributed by atoms with Gasteiger partial charge in [-0.1, -0.05) is 41.5 Å².